The van der Waals surface area contributed by atoms with Gasteiger partial charge in [-0.1, -0.05) is 12.8 Å². The molecule has 1 saturated heterocycles. The number of likely N-dealkylation sites (tertiary alicyclic amines) is 1. The SMILES string of the molecule is N#CCN1CCC[C@H]2CCCC[C@@H]21. The fourth-order valence-electron chi connectivity index (χ4n) is 3.02. The summed E-state index contributed by atoms with van der Waals surface area (Å²) in [6, 6.07) is 3.05. The third kappa shape index (κ3) is 1.86. The monoisotopic (exact) mass is 178 g/mol. The maximum Gasteiger partial charge on any atom is 0.0868 e. The quantitative estimate of drug-likeness (QED) is 0.575. The molecule has 13 heavy (non-hydrogen) atoms. The van der Waals surface area contributed by atoms with Gasteiger partial charge in [-0.3, -0.25) is 4.90 Å². The Morgan fingerprint density at radius 2 is 1.92 bits per heavy atom. The molecule has 0 aromatic heterocycles. The van der Waals surface area contributed by atoms with Crippen molar-refractivity contribution in [2.24, 2.45) is 5.92 Å². The van der Waals surface area contributed by atoms with Crippen LogP contribution in [0.4, 0.5) is 0 Å². The van der Waals surface area contributed by atoms with Crippen LogP contribution in [-0.2, 0) is 0 Å². The van der Waals surface area contributed by atoms with E-state index in [1.54, 1.807) is 0 Å². The summed E-state index contributed by atoms with van der Waals surface area (Å²) in [5, 5.41) is 8.72. The van der Waals surface area contributed by atoms with E-state index in [1.165, 1.54) is 38.5 Å². The average molecular weight is 178 g/mol. The third-order valence-corrected chi connectivity index (χ3v) is 3.63. The summed E-state index contributed by atoms with van der Waals surface area (Å²) in [5.41, 5.74) is 0. The summed E-state index contributed by atoms with van der Waals surface area (Å²) >= 11 is 0. The molecule has 72 valence electrons. The molecule has 0 unspecified atom stereocenters. The zero-order valence-corrected chi connectivity index (χ0v) is 8.21. The van der Waals surface area contributed by atoms with Crippen LogP contribution in [0, 0.1) is 17.2 Å². The van der Waals surface area contributed by atoms with Crippen LogP contribution in [0.1, 0.15) is 38.5 Å². The summed E-state index contributed by atoms with van der Waals surface area (Å²) < 4.78 is 0. The number of piperidine rings is 1. The molecule has 1 aliphatic carbocycles. The molecular formula is C11H18N2. The Morgan fingerprint density at radius 1 is 1.15 bits per heavy atom. The second-order valence-corrected chi connectivity index (χ2v) is 4.38. The predicted molar refractivity (Wildman–Crippen MR) is 52.2 cm³/mol. The maximum atomic E-state index is 8.72. The zero-order valence-electron chi connectivity index (χ0n) is 8.21. The lowest BCUT2D eigenvalue weighted by Gasteiger charge is -2.43. The number of fused-ring (bicyclic) bond motifs is 1. The largest absolute Gasteiger partial charge is 0.287 e. The van der Waals surface area contributed by atoms with Crippen molar-refractivity contribution in [3.63, 3.8) is 0 Å². The normalized spacial score (nSPS) is 35.0. The van der Waals surface area contributed by atoms with Gasteiger partial charge in [0.2, 0.25) is 0 Å². The van der Waals surface area contributed by atoms with Gasteiger partial charge in [0.25, 0.3) is 0 Å². The Hall–Kier alpha value is -0.550. The predicted octanol–water partition coefficient (Wildman–Crippen LogP) is 2.16. The molecule has 0 amide bonds. The van der Waals surface area contributed by atoms with Gasteiger partial charge in [0.05, 0.1) is 12.6 Å². The van der Waals surface area contributed by atoms with Crippen LogP contribution >= 0.6 is 0 Å². The van der Waals surface area contributed by atoms with Gasteiger partial charge in [-0.15, -0.1) is 0 Å². The van der Waals surface area contributed by atoms with E-state index in [4.69, 9.17) is 5.26 Å². The maximum absolute atomic E-state index is 8.72. The summed E-state index contributed by atoms with van der Waals surface area (Å²) in [6.07, 6.45) is 8.26. The van der Waals surface area contributed by atoms with E-state index in [9.17, 15) is 0 Å². The minimum atomic E-state index is 0.654. The van der Waals surface area contributed by atoms with Crippen molar-refractivity contribution >= 4 is 0 Å². The van der Waals surface area contributed by atoms with Crippen molar-refractivity contribution in [2.75, 3.05) is 13.1 Å². The Bertz CT molecular complexity index is 205. The van der Waals surface area contributed by atoms with Crippen molar-refractivity contribution in [1.82, 2.24) is 4.90 Å². The number of hydrogen-bond acceptors (Lipinski definition) is 2. The molecule has 0 radical (unpaired) electrons. The lowest BCUT2D eigenvalue weighted by molar-refractivity contribution is 0.0725. The van der Waals surface area contributed by atoms with E-state index in [2.05, 4.69) is 11.0 Å². The molecule has 1 saturated carbocycles. The molecule has 1 aliphatic heterocycles. The molecule has 2 rings (SSSR count). The molecule has 1 heterocycles. The highest BCUT2D eigenvalue weighted by molar-refractivity contribution is 4.90. The summed E-state index contributed by atoms with van der Waals surface area (Å²) in [6.45, 7) is 1.82. The van der Waals surface area contributed by atoms with Gasteiger partial charge in [-0.05, 0) is 38.1 Å². The first kappa shape index (κ1) is 9.02. The van der Waals surface area contributed by atoms with Crippen LogP contribution in [0.5, 0.6) is 0 Å². The third-order valence-electron chi connectivity index (χ3n) is 3.63. The Labute approximate surface area is 80.5 Å². The van der Waals surface area contributed by atoms with Crippen molar-refractivity contribution in [2.45, 2.75) is 44.6 Å². The molecule has 2 nitrogen and oxygen atoms in total. The van der Waals surface area contributed by atoms with E-state index in [-0.39, 0.29) is 0 Å². The second-order valence-electron chi connectivity index (χ2n) is 4.38. The fourth-order valence-corrected chi connectivity index (χ4v) is 3.02. The van der Waals surface area contributed by atoms with E-state index in [0.29, 0.717) is 6.54 Å². The first-order valence-electron chi connectivity index (χ1n) is 5.53. The highest BCUT2D eigenvalue weighted by atomic mass is 15.2. The Balaban J connectivity index is 1.99. The van der Waals surface area contributed by atoms with E-state index < -0.39 is 0 Å². The topological polar surface area (TPSA) is 27.0 Å². The molecule has 0 aromatic rings. The van der Waals surface area contributed by atoms with Crippen LogP contribution in [0.25, 0.3) is 0 Å². The summed E-state index contributed by atoms with van der Waals surface area (Å²) in [5.74, 6) is 0.913. The fraction of sp³-hybridized carbons (Fsp3) is 0.909. The molecular weight excluding hydrogens is 160 g/mol. The van der Waals surface area contributed by atoms with E-state index in [1.807, 2.05) is 0 Å². The smallest absolute Gasteiger partial charge is 0.0868 e. The van der Waals surface area contributed by atoms with Crippen LogP contribution in [0.3, 0.4) is 0 Å². The molecule has 0 N–H and O–H groups in total. The van der Waals surface area contributed by atoms with Gasteiger partial charge in [-0.2, -0.15) is 5.26 Å². The number of nitriles is 1. The molecule has 0 bridgehead atoms. The molecule has 2 fully saturated rings. The van der Waals surface area contributed by atoms with Crippen LogP contribution < -0.4 is 0 Å². The molecule has 0 aromatic carbocycles. The molecule has 2 atom stereocenters. The molecule has 0 spiro atoms. The van der Waals surface area contributed by atoms with Crippen LogP contribution in [-0.4, -0.2) is 24.0 Å². The van der Waals surface area contributed by atoms with Gasteiger partial charge < -0.3 is 0 Å². The number of nitrogens with zero attached hydrogens (tertiary/aromatic N) is 2. The zero-order chi connectivity index (χ0) is 9.10. The van der Waals surface area contributed by atoms with Crippen LogP contribution in [0.2, 0.25) is 0 Å². The van der Waals surface area contributed by atoms with Crippen molar-refractivity contribution in [3.8, 4) is 6.07 Å². The van der Waals surface area contributed by atoms with Gasteiger partial charge in [-0.25, -0.2) is 0 Å². The Kier molecular flexibility index (Phi) is 2.85. The molecule has 2 heteroatoms. The van der Waals surface area contributed by atoms with Crippen molar-refractivity contribution in [3.05, 3.63) is 0 Å². The van der Waals surface area contributed by atoms with Gasteiger partial charge >= 0.3 is 0 Å². The lowest BCUT2D eigenvalue weighted by Crippen LogP contribution is -2.46. The van der Waals surface area contributed by atoms with E-state index >= 15 is 0 Å². The number of rotatable bonds is 1. The van der Waals surface area contributed by atoms with Crippen molar-refractivity contribution in [1.29, 1.82) is 5.26 Å². The van der Waals surface area contributed by atoms with Crippen LogP contribution in [0.15, 0.2) is 0 Å². The average Bonchev–Trinajstić information content (AvgIpc) is 2.19. The first-order chi connectivity index (χ1) is 6.42. The standard InChI is InChI=1S/C11H18N2/c12-7-9-13-8-3-5-10-4-1-2-6-11(10)13/h10-11H,1-6,8-9H2/t10-,11+/m1/s1. The van der Waals surface area contributed by atoms with Gasteiger partial charge in [0.15, 0.2) is 0 Å². The second kappa shape index (κ2) is 4.11. The summed E-state index contributed by atoms with van der Waals surface area (Å²) in [4.78, 5) is 2.41. The molecule has 2 aliphatic rings. The highest BCUT2D eigenvalue weighted by Crippen LogP contribution is 2.34. The van der Waals surface area contributed by atoms with E-state index in [0.717, 1.165) is 18.5 Å². The number of hydrogen-bond donors (Lipinski definition) is 0. The summed E-state index contributed by atoms with van der Waals surface area (Å²) in [7, 11) is 0. The van der Waals surface area contributed by atoms with Gasteiger partial charge in [0.1, 0.15) is 0 Å². The lowest BCUT2D eigenvalue weighted by atomic mass is 9.78. The van der Waals surface area contributed by atoms with Crippen molar-refractivity contribution < 1.29 is 0 Å². The van der Waals surface area contributed by atoms with Gasteiger partial charge in [0, 0.05) is 6.04 Å². The minimum absolute atomic E-state index is 0.654. The highest BCUT2D eigenvalue weighted by Gasteiger charge is 2.32. The Morgan fingerprint density at radius 3 is 2.77 bits per heavy atom. The minimum Gasteiger partial charge on any atom is -0.287 e. The first-order valence-corrected chi connectivity index (χ1v) is 5.53.